The summed E-state index contributed by atoms with van der Waals surface area (Å²) in [6.45, 7) is 0.656. The van der Waals surface area contributed by atoms with Crippen LogP contribution in [0, 0.1) is 0 Å². The van der Waals surface area contributed by atoms with Gasteiger partial charge in [-0.3, -0.25) is 11.3 Å². The molecule has 8 heavy (non-hydrogen) atoms. The van der Waals surface area contributed by atoms with Gasteiger partial charge in [-0.2, -0.15) is 0 Å². The molecular weight excluding hydrogens is 122 g/mol. The number of hydrazine groups is 1. The first kappa shape index (κ1) is 5.68. The third-order valence-corrected chi connectivity index (χ3v) is 1.40. The fourth-order valence-corrected chi connectivity index (χ4v) is 0.988. The lowest BCUT2D eigenvalue weighted by atomic mass is 10.5. The zero-order valence-electron chi connectivity index (χ0n) is 4.29. The van der Waals surface area contributed by atoms with Gasteiger partial charge in [0, 0.05) is 5.38 Å². The summed E-state index contributed by atoms with van der Waals surface area (Å²) in [7, 11) is 0. The molecule has 3 nitrogen and oxygen atoms in total. The molecule has 1 aromatic heterocycles. The highest BCUT2D eigenvalue weighted by Crippen LogP contribution is 1.98. The van der Waals surface area contributed by atoms with Crippen molar-refractivity contribution in [1.29, 1.82) is 0 Å². The predicted molar refractivity (Wildman–Crippen MR) is 33.1 cm³/mol. The van der Waals surface area contributed by atoms with E-state index in [0.717, 1.165) is 5.69 Å². The lowest BCUT2D eigenvalue weighted by molar-refractivity contribution is 0.727. The molecule has 1 aromatic rings. The van der Waals surface area contributed by atoms with Crippen molar-refractivity contribution in [3.05, 3.63) is 16.6 Å². The number of hydrogen-bond donors (Lipinski definition) is 2. The first-order valence-corrected chi connectivity index (χ1v) is 3.18. The second-order valence-electron chi connectivity index (χ2n) is 1.36. The number of nitrogens with zero attached hydrogens (tertiary/aromatic N) is 1. The van der Waals surface area contributed by atoms with Gasteiger partial charge in [0.25, 0.3) is 0 Å². The monoisotopic (exact) mass is 129 g/mol. The lowest BCUT2D eigenvalue weighted by Gasteiger charge is -1.88. The van der Waals surface area contributed by atoms with Gasteiger partial charge in [0.2, 0.25) is 0 Å². The Balaban J connectivity index is 2.50. The van der Waals surface area contributed by atoms with Crippen LogP contribution in [0.2, 0.25) is 0 Å². The largest absolute Gasteiger partial charge is 0.271 e. The molecule has 0 atom stereocenters. The maximum atomic E-state index is 5.03. The van der Waals surface area contributed by atoms with Gasteiger partial charge in [-0.25, -0.2) is 4.98 Å². The van der Waals surface area contributed by atoms with Crippen LogP contribution in [0.5, 0.6) is 0 Å². The molecule has 0 aromatic carbocycles. The van der Waals surface area contributed by atoms with Crippen molar-refractivity contribution in [2.75, 3.05) is 0 Å². The van der Waals surface area contributed by atoms with E-state index in [1.807, 2.05) is 5.38 Å². The quantitative estimate of drug-likeness (QED) is 0.440. The minimum atomic E-state index is 0.656. The third kappa shape index (κ3) is 1.26. The summed E-state index contributed by atoms with van der Waals surface area (Å²) in [5.41, 5.74) is 5.30. The summed E-state index contributed by atoms with van der Waals surface area (Å²) >= 11 is 1.57. The van der Waals surface area contributed by atoms with Crippen LogP contribution in [0.4, 0.5) is 0 Å². The summed E-state index contributed by atoms with van der Waals surface area (Å²) in [4.78, 5) is 3.98. The molecule has 0 spiro atoms. The van der Waals surface area contributed by atoms with Crippen molar-refractivity contribution in [3.8, 4) is 0 Å². The number of thiazole rings is 1. The van der Waals surface area contributed by atoms with Crippen LogP contribution < -0.4 is 11.3 Å². The van der Waals surface area contributed by atoms with Crippen molar-refractivity contribution < 1.29 is 0 Å². The first-order valence-electron chi connectivity index (χ1n) is 2.24. The van der Waals surface area contributed by atoms with Gasteiger partial charge >= 0.3 is 0 Å². The molecule has 3 N–H and O–H groups in total. The van der Waals surface area contributed by atoms with Crippen LogP contribution in [0.25, 0.3) is 0 Å². The average Bonchev–Trinajstić information content (AvgIpc) is 2.19. The first-order chi connectivity index (χ1) is 3.93. The van der Waals surface area contributed by atoms with E-state index in [2.05, 4.69) is 10.4 Å². The average molecular weight is 129 g/mol. The molecule has 0 saturated carbocycles. The lowest BCUT2D eigenvalue weighted by Crippen LogP contribution is -2.20. The molecule has 4 heteroatoms. The van der Waals surface area contributed by atoms with E-state index >= 15 is 0 Å². The summed E-state index contributed by atoms with van der Waals surface area (Å²) in [5, 5.41) is 1.96. The maximum Gasteiger partial charge on any atom is 0.0795 e. The van der Waals surface area contributed by atoms with Crippen molar-refractivity contribution >= 4 is 11.3 Å². The summed E-state index contributed by atoms with van der Waals surface area (Å²) in [6.07, 6.45) is 0. The summed E-state index contributed by atoms with van der Waals surface area (Å²) < 4.78 is 0. The van der Waals surface area contributed by atoms with Crippen LogP contribution in [0.15, 0.2) is 10.9 Å². The van der Waals surface area contributed by atoms with E-state index in [0.29, 0.717) is 6.54 Å². The number of nitrogens with one attached hydrogen (secondary N) is 1. The Morgan fingerprint density at radius 1 is 1.88 bits per heavy atom. The van der Waals surface area contributed by atoms with Crippen molar-refractivity contribution in [3.63, 3.8) is 0 Å². The SMILES string of the molecule is NNCc1cscn1. The van der Waals surface area contributed by atoms with Crippen molar-refractivity contribution in [2.45, 2.75) is 6.54 Å². The highest BCUT2D eigenvalue weighted by Gasteiger charge is 1.87. The van der Waals surface area contributed by atoms with Crippen LogP contribution in [0.1, 0.15) is 5.69 Å². The van der Waals surface area contributed by atoms with Crippen LogP contribution in [-0.4, -0.2) is 4.98 Å². The highest BCUT2D eigenvalue weighted by molar-refractivity contribution is 7.07. The molecular formula is C4H7N3S. The Labute approximate surface area is 51.5 Å². The zero-order valence-corrected chi connectivity index (χ0v) is 5.11. The molecule has 0 aliphatic rings. The zero-order chi connectivity index (χ0) is 5.82. The normalized spacial score (nSPS) is 9.62. The molecule has 0 saturated heterocycles. The molecule has 0 aliphatic heterocycles. The molecule has 0 fully saturated rings. The smallest absolute Gasteiger partial charge is 0.0795 e. The summed E-state index contributed by atoms with van der Waals surface area (Å²) in [6, 6.07) is 0. The minimum Gasteiger partial charge on any atom is -0.271 e. The van der Waals surface area contributed by atoms with Crippen LogP contribution >= 0.6 is 11.3 Å². The standard InChI is InChI=1S/C4H7N3S/c5-7-1-4-2-8-3-6-4/h2-3,7H,1,5H2. The molecule has 0 aliphatic carbocycles. The highest BCUT2D eigenvalue weighted by atomic mass is 32.1. The van der Waals surface area contributed by atoms with E-state index in [1.54, 1.807) is 16.8 Å². The van der Waals surface area contributed by atoms with E-state index in [1.165, 1.54) is 0 Å². The molecule has 0 radical (unpaired) electrons. The molecule has 0 bridgehead atoms. The molecule has 0 unspecified atom stereocenters. The second-order valence-corrected chi connectivity index (χ2v) is 2.08. The number of aromatic nitrogens is 1. The van der Waals surface area contributed by atoms with Gasteiger partial charge in [0.1, 0.15) is 0 Å². The van der Waals surface area contributed by atoms with Gasteiger partial charge in [-0.1, -0.05) is 0 Å². The maximum absolute atomic E-state index is 5.03. The van der Waals surface area contributed by atoms with E-state index in [4.69, 9.17) is 5.84 Å². The molecule has 44 valence electrons. The number of nitrogens with two attached hydrogens (primary N) is 1. The Kier molecular flexibility index (Phi) is 1.96. The van der Waals surface area contributed by atoms with Crippen LogP contribution in [0.3, 0.4) is 0 Å². The summed E-state index contributed by atoms with van der Waals surface area (Å²) in [5.74, 6) is 5.03. The Morgan fingerprint density at radius 3 is 3.25 bits per heavy atom. The third-order valence-electron chi connectivity index (χ3n) is 0.767. The molecule has 1 heterocycles. The predicted octanol–water partition coefficient (Wildman–Crippen LogP) is 0.106. The Bertz CT molecular complexity index is 137. The van der Waals surface area contributed by atoms with Crippen molar-refractivity contribution in [1.82, 2.24) is 10.4 Å². The number of rotatable bonds is 2. The van der Waals surface area contributed by atoms with Crippen LogP contribution in [-0.2, 0) is 6.54 Å². The Hall–Kier alpha value is -0.450. The second kappa shape index (κ2) is 2.76. The van der Waals surface area contributed by atoms with E-state index in [-0.39, 0.29) is 0 Å². The van der Waals surface area contributed by atoms with Crippen molar-refractivity contribution in [2.24, 2.45) is 5.84 Å². The molecule has 1 rings (SSSR count). The Morgan fingerprint density at radius 2 is 2.75 bits per heavy atom. The molecule has 0 amide bonds. The fraction of sp³-hybridized carbons (Fsp3) is 0.250. The van der Waals surface area contributed by atoms with Gasteiger partial charge in [0.05, 0.1) is 17.7 Å². The topological polar surface area (TPSA) is 50.9 Å². The fourth-order valence-electron chi connectivity index (χ4n) is 0.429. The van der Waals surface area contributed by atoms with Gasteiger partial charge in [-0.05, 0) is 0 Å². The van der Waals surface area contributed by atoms with Gasteiger partial charge < -0.3 is 0 Å². The minimum absolute atomic E-state index is 0.656. The van der Waals surface area contributed by atoms with E-state index < -0.39 is 0 Å². The van der Waals surface area contributed by atoms with Gasteiger partial charge in [-0.15, -0.1) is 11.3 Å². The van der Waals surface area contributed by atoms with Gasteiger partial charge in [0.15, 0.2) is 0 Å². The number of hydrogen-bond acceptors (Lipinski definition) is 4. The van der Waals surface area contributed by atoms with E-state index in [9.17, 15) is 0 Å².